The van der Waals surface area contributed by atoms with Crippen LogP contribution in [0.3, 0.4) is 0 Å². The van der Waals surface area contributed by atoms with E-state index in [1.165, 1.54) is 18.6 Å². The fraction of sp³-hybridized carbons (Fsp3) is 0.917. The van der Waals surface area contributed by atoms with E-state index in [9.17, 15) is 4.79 Å². The number of amides is 1. The molecule has 3 nitrogen and oxygen atoms in total. The number of carbonyl (C=O) groups is 1. The molecule has 0 unspecified atom stereocenters. The summed E-state index contributed by atoms with van der Waals surface area (Å²) < 4.78 is 0. The molecule has 2 aliphatic rings. The molecule has 5 heteroatoms. The summed E-state index contributed by atoms with van der Waals surface area (Å²) in [5.41, 5.74) is 0. The summed E-state index contributed by atoms with van der Waals surface area (Å²) >= 11 is 3.70. The molecule has 2 N–H and O–H groups in total. The Morgan fingerprint density at radius 1 is 1.47 bits per heavy atom. The molecule has 0 bridgehead atoms. The van der Waals surface area contributed by atoms with E-state index in [0.717, 1.165) is 24.6 Å². The molecule has 0 aromatic carbocycles. The molecule has 0 radical (unpaired) electrons. The van der Waals surface area contributed by atoms with Gasteiger partial charge in [-0.25, -0.2) is 0 Å². The van der Waals surface area contributed by atoms with Gasteiger partial charge in [-0.05, 0) is 25.3 Å². The zero-order chi connectivity index (χ0) is 12.1. The van der Waals surface area contributed by atoms with Crippen molar-refractivity contribution in [2.45, 2.75) is 31.1 Å². The van der Waals surface area contributed by atoms with Crippen LogP contribution in [-0.4, -0.2) is 47.5 Å². The summed E-state index contributed by atoms with van der Waals surface area (Å²) in [5, 5.41) is 6.79. The Hall–Kier alpha value is 0.130. The van der Waals surface area contributed by atoms with Crippen LogP contribution in [-0.2, 0) is 4.79 Å². The second-order valence-electron chi connectivity index (χ2n) is 4.86. The first-order valence-electron chi connectivity index (χ1n) is 6.48. The molecule has 2 aliphatic heterocycles. The Morgan fingerprint density at radius 3 is 3.06 bits per heavy atom. The van der Waals surface area contributed by atoms with Crippen LogP contribution in [0, 0.1) is 5.92 Å². The van der Waals surface area contributed by atoms with Crippen LogP contribution in [0.1, 0.15) is 19.8 Å². The van der Waals surface area contributed by atoms with Crippen LogP contribution in [0.25, 0.3) is 0 Å². The number of piperidine rings is 1. The van der Waals surface area contributed by atoms with Gasteiger partial charge in [0.15, 0.2) is 0 Å². The van der Waals surface area contributed by atoms with Crippen molar-refractivity contribution in [2.75, 3.05) is 30.3 Å². The monoisotopic (exact) mass is 274 g/mol. The number of carbonyl (C=O) groups excluding carboxylic acids is 1. The maximum Gasteiger partial charge on any atom is 0.234 e. The molecule has 2 fully saturated rings. The highest BCUT2D eigenvalue weighted by Gasteiger charge is 2.25. The van der Waals surface area contributed by atoms with Crippen LogP contribution in [0.4, 0.5) is 0 Å². The van der Waals surface area contributed by atoms with Crippen molar-refractivity contribution in [3.63, 3.8) is 0 Å². The molecule has 2 heterocycles. The van der Waals surface area contributed by atoms with Gasteiger partial charge in [0.25, 0.3) is 0 Å². The Morgan fingerprint density at radius 2 is 2.35 bits per heavy atom. The summed E-state index contributed by atoms with van der Waals surface area (Å²) in [7, 11) is 0. The molecule has 2 rings (SSSR count). The van der Waals surface area contributed by atoms with Crippen LogP contribution in [0.5, 0.6) is 0 Å². The van der Waals surface area contributed by atoms with Crippen LogP contribution in [0.2, 0.25) is 0 Å². The van der Waals surface area contributed by atoms with Crippen molar-refractivity contribution in [1.29, 1.82) is 0 Å². The number of hydrogen-bond acceptors (Lipinski definition) is 4. The molecule has 98 valence electrons. The van der Waals surface area contributed by atoms with E-state index in [0.29, 0.717) is 12.0 Å². The van der Waals surface area contributed by atoms with Crippen molar-refractivity contribution >= 4 is 29.4 Å². The van der Waals surface area contributed by atoms with E-state index in [2.05, 4.69) is 17.6 Å². The van der Waals surface area contributed by atoms with E-state index in [1.54, 1.807) is 11.8 Å². The maximum absolute atomic E-state index is 12.0. The number of rotatable bonds is 3. The number of hydrogen-bond donors (Lipinski definition) is 2. The predicted octanol–water partition coefficient (Wildman–Crippen LogP) is 1.34. The van der Waals surface area contributed by atoms with Gasteiger partial charge >= 0.3 is 0 Å². The topological polar surface area (TPSA) is 41.1 Å². The molecular weight excluding hydrogens is 252 g/mol. The van der Waals surface area contributed by atoms with Crippen molar-refractivity contribution in [3.05, 3.63) is 0 Å². The summed E-state index contributed by atoms with van der Waals surface area (Å²) in [6.07, 6.45) is 2.54. The highest BCUT2D eigenvalue weighted by molar-refractivity contribution is 8.07. The van der Waals surface area contributed by atoms with E-state index in [4.69, 9.17) is 0 Å². The smallest absolute Gasteiger partial charge is 0.234 e. The van der Waals surface area contributed by atoms with E-state index < -0.39 is 0 Å². The van der Waals surface area contributed by atoms with Gasteiger partial charge in [-0.2, -0.15) is 11.8 Å². The van der Waals surface area contributed by atoms with Gasteiger partial charge < -0.3 is 10.6 Å². The maximum atomic E-state index is 12.0. The average molecular weight is 274 g/mol. The minimum Gasteiger partial charge on any atom is -0.354 e. The minimum atomic E-state index is 0.174. The predicted molar refractivity (Wildman–Crippen MR) is 76.8 cm³/mol. The molecule has 1 amide bonds. The molecule has 0 saturated carbocycles. The summed E-state index contributed by atoms with van der Waals surface area (Å²) in [4.78, 5) is 12.0. The van der Waals surface area contributed by atoms with Gasteiger partial charge in [0.2, 0.25) is 5.91 Å². The minimum absolute atomic E-state index is 0.174. The summed E-state index contributed by atoms with van der Waals surface area (Å²) in [5.74, 6) is 4.19. The Labute approximate surface area is 112 Å². The van der Waals surface area contributed by atoms with Gasteiger partial charge in [-0.3, -0.25) is 4.79 Å². The largest absolute Gasteiger partial charge is 0.354 e. The zero-order valence-corrected chi connectivity index (χ0v) is 12.0. The lowest BCUT2D eigenvalue weighted by molar-refractivity contribution is -0.120. The number of thioether (sulfide) groups is 2. The van der Waals surface area contributed by atoms with Crippen molar-refractivity contribution in [3.8, 4) is 0 Å². The lowest BCUT2D eigenvalue weighted by atomic mass is 9.93. The van der Waals surface area contributed by atoms with Crippen LogP contribution in [0.15, 0.2) is 0 Å². The molecule has 0 spiro atoms. The highest BCUT2D eigenvalue weighted by atomic mass is 32.2. The second kappa shape index (κ2) is 6.90. The SMILES string of the molecule is C[C@@H]1CCCN[C@H]1CNC(=O)[C@@H]1CSCCS1. The number of nitrogens with one attached hydrogen (secondary N) is 2. The third-order valence-corrected chi connectivity index (χ3v) is 6.29. The average Bonchev–Trinajstić information content (AvgIpc) is 2.38. The normalized spacial score (nSPS) is 34.3. The summed E-state index contributed by atoms with van der Waals surface area (Å²) in [6, 6.07) is 0.467. The van der Waals surface area contributed by atoms with Gasteiger partial charge in [-0.15, -0.1) is 11.8 Å². The van der Waals surface area contributed by atoms with Gasteiger partial charge in [0.1, 0.15) is 0 Å². The van der Waals surface area contributed by atoms with Crippen LogP contribution < -0.4 is 10.6 Å². The van der Waals surface area contributed by atoms with Crippen LogP contribution >= 0.6 is 23.5 Å². The zero-order valence-electron chi connectivity index (χ0n) is 10.4. The van der Waals surface area contributed by atoms with E-state index >= 15 is 0 Å². The van der Waals surface area contributed by atoms with Crippen molar-refractivity contribution in [1.82, 2.24) is 10.6 Å². The fourth-order valence-electron chi connectivity index (χ4n) is 2.35. The molecular formula is C12H22N2OS2. The third-order valence-electron chi connectivity index (χ3n) is 3.53. The van der Waals surface area contributed by atoms with Crippen molar-refractivity contribution in [2.24, 2.45) is 5.92 Å². The van der Waals surface area contributed by atoms with Gasteiger partial charge in [-0.1, -0.05) is 6.92 Å². The van der Waals surface area contributed by atoms with Gasteiger partial charge in [0.05, 0.1) is 5.25 Å². The Balaban J connectivity index is 1.71. The first-order valence-corrected chi connectivity index (χ1v) is 8.68. The molecule has 3 atom stereocenters. The first-order chi connectivity index (χ1) is 8.27. The fourth-order valence-corrected chi connectivity index (χ4v) is 4.93. The van der Waals surface area contributed by atoms with E-state index in [1.807, 2.05) is 11.8 Å². The Bertz CT molecular complexity index is 257. The molecule has 0 aromatic rings. The highest BCUT2D eigenvalue weighted by Crippen LogP contribution is 2.24. The quantitative estimate of drug-likeness (QED) is 0.815. The first kappa shape index (κ1) is 13.6. The van der Waals surface area contributed by atoms with Gasteiger partial charge in [0, 0.05) is 29.8 Å². The lowest BCUT2D eigenvalue weighted by Crippen LogP contribution is -2.49. The Kier molecular flexibility index (Phi) is 5.50. The second-order valence-corrected chi connectivity index (χ2v) is 7.32. The van der Waals surface area contributed by atoms with E-state index in [-0.39, 0.29) is 11.2 Å². The van der Waals surface area contributed by atoms with Crippen molar-refractivity contribution < 1.29 is 4.79 Å². The lowest BCUT2D eigenvalue weighted by Gasteiger charge is -2.31. The molecule has 2 saturated heterocycles. The summed E-state index contributed by atoms with van der Waals surface area (Å²) in [6.45, 7) is 4.16. The molecule has 17 heavy (non-hydrogen) atoms. The standard InChI is InChI=1S/C12H22N2OS2/c1-9-3-2-4-13-10(9)7-14-12(15)11-8-16-5-6-17-11/h9-11,13H,2-8H2,1H3,(H,14,15)/t9-,10+,11+/m1/s1. The molecule has 0 aromatic heterocycles. The third kappa shape index (κ3) is 4.07. The molecule has 0 aliphatic carbocycles.